The summed E-state index contributed by atoms with van der Waals surface area (Å²) in [6.07, 6.45) is 8.36. The highest BCUT2D eigenvalue weighted by molar-refractivity contribution is 6.71. The Hall–Kier alpha value is -0.412. The molecule has 0 heterocycles. The maximum atomic E-state index is 19.0. The van der Waals surface area contributed by atoms with Gasteiger partial charge in [-0.3, -0.25) is 0 Å². The van der Waals surface area contributed by atoms with Gasteiger partial charge in [0.15, 0.2) is 38.9 Å². The molecule has 0 N–H and O–H groups in total. The summed E-state index contributed by atoms with van der Waals surface area (Å²) in [7, 11) is -6.68. The van der Waals surface area contributed by atoms with Crippen molar-refractivity contribution in [3.63, 3.8) is 0 Å². The second-order valence-corrected chi connectivity index (χ2v) is 36.9. The minimum Gasteiger partial charge on any atom is -0.415 e. The van der Waals surface area contributed by atoms with Crippen LogP contribution in [0.2, 0.25) is 78.6 Å². The van der Waals surface area contributed by atoms with E-state index >= 15 is 4.39 Å². The predicted molar refractivity (Wildman–Crippen MR) is 199 cm³/mol. The van der Waals surface area contributed by atoms with Crippen LogP contribution >= 0.6 is 0 Å². The van der Waals surface area contributed by atoms with E-state index in [1.165, 1.54) is 0 Å². The molecule has 3 fully saturated rings. The first-order chi connectivity index (χ1) is 20.7. The van der Waals surface area contributed by atoms with Crippen molar-refractivity contribution < 1.29 is 26.9 Å². The number of allylic oxidation sites excluding steroid dienone is 4. The van der Waals surface area contributed by atoms with E-state index in [0.29, 0.717) is 13.0 Å². The second kappa shape index (κ2) is 12.4. The smallest absolute Gasteiger partial charge is 0.184 e. The van der Waals surface area contributed by atoms with Gasteiger partial charge in [0, 0.05) is 16.7 Å². The zero-order chi connectivity index (χ0) is 34.9. The molecular weight excluding hydrogens is 646 g/mol. The summed E-state index contributed by atoms with van der Waals surface area (Å²) < 4.78 is 47.8. The van der Waals surface area contributed by atoms with Gasteiger partial charge >= 0.3 is 0 Å². The molecule has 0 radical (unpaired) electrons. The molecular formula is C35H66FNO5Si4. The minimum atomic E-state index is -2.18. The van der Waals surface area contributed by atoms with E-state index in [2.05, 4.69) is 117 Å². The Morgan fingerprint density at radius 2 is 1.54 bits per heavy atom. The fraction of sp³-hybridized carbons (Fsp3) is 0.857. The number of oxime groups is 1. The van der Waals surface area contributed by atoms with Crippen molar-refractivity contribution >= 4 is 39.0 Å². The molecule has 9 atom stereocenters. The Morgan fingerprint density at radius 3 is 2.07 bits per heavy atom. The highest BCUT2D eigenvalue weighted by atomic mass is 28.4. The fourth-order valence-corrected chi connectivity index (χ4v) is 14.2. The lowest BCUT2D eigenvalue weighted by molar-refractivity contribution is -0.230. The molecule has 0 saturated heterocycles. The standard InChI is InChI=1S/C35H66FNO5Si4/c1-25-21-29-28-18-17-26-22-27(37-38-4)19-20-32(26,2)34(28,36)30(40-44(8,9)10)23-33(29,3)35(25,42-46(14,15)16)31(41-45(11,12)13)24-39-43(5,6)7/h19-20,22,25,28-31H,17-18,21,23-24H2,1-16H3/b37-27+/t25-,28?,29?,30?,31?,32?,33?,34+,35+/m1/s1. The average molecular weight is 712 g/mol. The van der Waals surface area contributed by atoms with Gasteiger partial charge in [-0.1, -0.05) is 30.7 Å². The topological polar surface area (TPSA) is 58.5 Å². The maximum Gasteiger partial charge on any atom is 0.184 e. The normalized spacial score (nSPS) is 39.8. The molecule has 0 spiro atoms. The third-order valence-corrected chi connectivity index (χ3v) is 15.0. The first-order valence-electron chi connectivity index (χ1n) is 17.6. The van der Waals surface area contributed by atoms with Crippen LogP contribution in [0.25, 0.3) is 0 Å². The SMILES string of the molecule is CO/N=C1\C=CC2(C)C(=C1)CCC1C3C[C@@H](C)[C@](O[Si](C)(C)C)(C(CO[Si](C)(C)C)O[Si](C)(C)C)C3(C)CC(O[Si](C)(C)C)[C@@]12F. The quantitative estimate of drug-likeness (QED) is 0.158. The number of rotatable bonds is 11. The molecule has 0 aromatic heterocycles. The summed E-state index contributed by atoms with van der Waals surface area (Å²) in [6.45, 7) is 34.4. The van der Waals surface area contributed by atoms with Crippen LogP contribution in [0.4, 0.5) is 4.39 Å². The van der Waals surface area contributed by atoms with Gasteiger partial charge in [0.1, 0.15) is 12.8 Å². The monoisotopic (exact) mass is 711 g/mol. The molecule has 4 aliphatic carbocycles. The molecule has 0 aliphatic heterocycles. The Bertz CT molecular complexity index is 1230. The van der Waals surface area contributed by atoms with Crippen LogP contribution in [0.3, 0.4) is 0 Å². The zero-order valence-corrected chi connectivity index (χ0v) is 36.0. The lowest BCUT2D eigenvalue weighted by Crippen LogP contribution is -2.73. The minimum absolute atomic E-state index is 0.116. The lowest BCUT2D eigenvalue weighted by Gasteiger charge is -2.66. The molecule has 46 heavy (non-hydrogen) atoms. The third-order valence-electron chi connectivity index (χ3n) is 11.1. The lowest BCUT2D eigenvalue weighted by atomic mass is 9.44. The number of hydrogen-bond acceptors (Lipinski definition) is 6. The molecule has 0 aromatic carbocycles. The molecule has 0 bridgehead atoms. The van der Waals surface area contributed by atoms with Crippen LogP contribution in [-0.2, 0) is 22.5 Å². The predicted octanol–water partition coefficient (Wildman–Crippen LogP) is 9.56. The van der Waals surface area contributed by atoms with Gasteiger partial charge in [0.05, 0.1) is 24.4 Å². The van der Waals surface area contributed by atoms with E-state index in [1.54, 1.807) is 7.11 Å². The summed E-state index contributed by atoms with van der Waals surface area (Å²) in [5.74, 6) is 0.105. The number of nitrogens with zero attached hydrogens (tertiary/aromatic N) is 1. The van der Waals surface area contributed by atoms with E-state index in [1.807, 2.05) is 6.08 Å². The van der Waals surface area contributed by atoms with E-state index < -0.39 is 56.1 Å². The van der Waals surface area contributed by atoms with Gasteiger partial charge in [-0.2, -0.15) is 0 Å². The Balaban J connectivity index is 1.96. The van der Waals surface area contributed by atoms with E-state index in [9.17, 15) is 0 Å². The summed E-state index contributed by atoms with van der Waals surface area (Å²) >= 11 is 0. The highest BCUT2D eigenvalue weighted by Gasteiger charge is 2.77. The van der Waals surface area contributed by atoms with Gasteiger partial charge in [-0.25, -0.2) is 4.39 Å². The first kappa shape index (κ1) is 38.4. The summed E-state index contributed by atoms with van der Waals surface area (Å²) in [4.78, 5) is 5.11. The van der Waals surface area contributed by atoms with Crippen LogP contribution < -0.4 is 0 Å². The number of alkyl halides is 1. The van der Waals surface area contributed by atoms with Crippen LogP contribution in [0, 0.1) is 28.6 Å². The number of halogens is 1. The Morgan fingerprint density at radius 1 is 0.913 bits per heavy atom. The van der Waals surface area contributed by atoms with Gasteiger partial charge in [-0.15, -0.1) is 0 Å². The molecule has 6 unspecified atom stereocenters. The van der Waals surface area contributed by atoms with Crippen LogP contribution in [0.5, 0.6) is 0 Å². The Kier molecular flexibility index (Phi) is 10.4. The van der Waals surface area contributed by atoms with E-state index in [-0.39, 0.29) is 29.3 Å². The van der Waals surface area contributed by atoms with Crippen LogP contribution in [0.15, 0.2) is 29.0 Å². The van der Waals surface area contributed by atoms with Crippen molar-refractivity contribution in [1.82, 2.24) is 0 Å². The molecule has 11 heteroatoms. The van der Waals surface area contributed by atoms with Crippen LogP contribution in [0.1, 0.15) is 46.5 Å². The van der Waals surface area contributed by atoms with Crippen molar-refractivity contribution in [2.75, 3.05) is 13.7 Å². The van der Waals surface area contributed by atoms with Crippen LogP contribution in [-0.4, -0.2) is 76.2 Å². The Labute approximate surface area is 284 Å². The molecule has 0 aromatic rings. The average Bonchev–Trinajstić information content (AvgIpc) is 3.06. The molecule has 4 aliphatic rings. The van der Waals surface area contributed by atoms with Crippen molar-refractivity contribution in [3.8, 4) is 0 Å². The number of hydrogen-bond donors (Lipinski definition) is 0. The molecule has 4 rings (SSSR count). The summed E-state index contributed by atoms with van der Waals surface area (Å²) in [5.41, 5.74) is -1.53. The zero-order valence-electron chi connectivity index (χ0n) is 32.0. The van der Waals surface area contributed by atoms with Crippen molar-refractivity contribution in [2.24, 2.45) is 33.7 Å². The molecule has 6 nitrogen and oxygen atoms in total. The molecule has 0 amide bonds. The number of fused-ring (bicyclic) bond motifs is 5. The molecule has 264 valence electrons. The van der Waals surface area contributed by atoms with E-state index in [0.717, 1.165) is 30.5 Å². The third kappa shape index (κ3) is 6.96. The van der Waals surface area contributed by atoms with Crippen molar-refractivity contribution in [2.45, 2.75) is 148 Å². The van der Waals surface area contributed by atoms with Crippen molar-refractivity contribution in [1.29, 1.82) is 0 Å². The van der Waals surface area contributed by atoms with Gasteiger partial charge in [0.25, 0.3) is 0 Å². The maximum absolute atomic E-state index is 19.0. The van der Waals surface area contributed by atoms with E-state index in [4.69, 9.17) is 22.5 Å². The van der Waals surface area contributed by atoms with Gasteiger partial charge < -0.3 is 22.5 Å². The summed E-state index contributed by atoms with van der Waals surface area (Å²) in [5, 5.41) is 4.20. The van der Waals surface area contributed by atoms with Gasteiger partial charge in [-0.05, 0) is 135 Å². The largest absolute Gasteiger partial charge is 0.415 e. The van der Waals surface area contributed by atoms with Gasteiger partial charge in [0.2, 0.25) is 0 Å². The van der Waals surface area contributed by atoms with Crippen molar-refractivity contribution in [3.05, 3.63) is 23.8 Å². The summed E-state index contributed by atoms with van der Waals surface area (Å²) in [6, 6.07) is 0. The fourth-order valence-electron chi connectivity index (χ4n) is 9.73. The first-order valence-corrected chi connectivity index (χ1v) is 31.3. The highest BCUT2D eigenvalue weighted by Crippen LogP contribution is 2.73. The molecule has 3 saturated carbocycles. The second-order valence-electron chi connectivity index (χ2n) is 19.1.